The van der Waals surface area contributed by atoms with Crippen LogP contribution in [0.4, 0.5) is 10.3 Å². The molecular weight excluding hydrogens is 331 g/mol. The predicted molar refractivity (Wildman–Crippen MR) is 98.2 cm³/mol. The molecule has 2 aliphatic rings. The maximum Gasteiger partial charge on any atom is 0.222 e. The zero-order valence-corrected chi connectivity index (χ0v) is 14.9. The maximum atomic E-state index is 13.5. The van der Waals surface area contributed by atoms with Crippen LogP contribution in [-0.2, 0) is 11.3 Å². The fraction of sp³-hybridized carbons (Fsp3) is 0.500. The summed E-state index contributed by atoms with van der Waals surface area (Å²) in [6.07, 6.45) is 6.96. The van der Waals surface area contributed by atoms with Crippen molar-refractivity contribution in [3.8, 4) is 0 Å². The van der Waals surface area contributed by atoms with Crippen molar-refractivity contribution in [2.24, 2.45) is 5.41 Å². The Balaban J connectivity index is 1.39. The summed E-state index contributed by atoms with van der Waals surface area (Å²) in [5, 5.41) is 3.33. The topological polar surface area (TPSA) is 50.3 Å². The molecule has 0 amide bonds. The summed E-state index contributed by atoms with van der Waals surface area (Å²) in [7, 11) is 0. The molecule has 5 nitrogen and oxygen atoms in total. The SMILES string of the molecule is Fc1cccc(CN2CC[C@H]3OCC[C@@]3(CCNc3ncccn3)C2)c1. The average Bonchev–Trinajstić information content (AvgIpc) is 3.06. The third kappa shape index (κ3) is 3.86. The fourth-order valence-corrected chi connectivity index (χ4v) is 4.34. The zero-order chi connectivity index (χ0) is 17.8. The first-order valence-corrected chi connectivity index (χ1v) is 9.33. The number of nitrogens with zero attached hydrogens (tertiary/aromatic N) is 3. The van der Waals surface area contributed by atoms with Crippen molar-refractivity contribution in [3.63, 3.8) is 0 Å². The van der Waals surface area contributed by atoms with Crippen molar-refractivity contribution in [1.29, 1.82) is 0 Å². The van der Waals surface area contributed by atoms with Gasteiger partial charge in [0.25, 0.3) is 0 Å². The molecule has 0 unspecified atom stereocenters. The number of ether oxygens (including phenoxy) is 1. The molecule has 2 aromatic rings. The molecule has 6 heteroatoms. The monoisotopic (exact) mass is 356 g/mol. The van der Waals surface area contributed by atoms with Gasteiger partial charge in [-0.25, -0.2) is 14.4 Å². The highest BCUT2D eigenvalue weighted by Crippen LogP contribution is 2.43. The van der Waals surface area contributed by atoms with E-state index < -0.39 is 0 Å². The van der Waals surface area contributed by atoms with Gasteiger partial charge in [-0.1, -0.05) is 12.1 Å². The van der Waals surface area contributed by atoms with Crippen molar-refractivity contribution >= 4 is 5.95 Å². The third-order valence-corrected chi connectivity index (χ3v) is 5.62. The molecule has 4 rings (SSSR count). The Labute approximate surface area is 153 Å². The number of rotatable bonds is 6. The Hall–Kier alpha value is -2.05. The number of benzene rings is 1. The molecule has 0 spiro atoms. The van der Waals surface area contributed by atoms with Crippen LogP contribution in [0.25, 0.3) is 0 Å². The number of anilines is 1. The van der Waals surface area contributed by atoms with E-state index in [9.17, 15) is 4.39 Å². The third-order valence-electron chi connectivity index (χ3n) is 5.62. The second-order valence-corrected chi connectivity index (χ2v) is 7.35. The molecule has 0 radical (unpaired) electrons. The van der Waals surface area contributed by atoms with E-state index in [1.807, 2.05) is 12.1 Å². The Morgan fingerprint density at radius 3 is 3.00 bits per heavy atom. The van der Waals surface area contributed by atoms with E-state index in [0.717, 1.165) is 57.6 Å². The first kappa shape index (κ1) is 17.4. The minimum Gasteiger partial charge on any atom is -0.378 e. The van der Waals surface area contributed by atoms with Crippen LogP contribution in [0.5, 0.6) is 0 Å². The van der Waals surface area contributed by atoms with Crippen molar-refractivity contribution in [2.45, 2.75) is 31.9 Å². The van der Waals surface area contributed by atoms with Gasteiger partial charge in [-0.05, 0) is 43.0 Å². The summed E-state index contributed by atoms with van der Waals surface area (Å²) >= 11 is 0. The van der Waals surface area contributed by atoms with Gasteiger partial charge < -0.3 is 10.1 Å². The van der Waals surface area contributed by atoms with Gasteiger partial charge in [0, 0.05) is 50.6 Å². The molecule has 0 aliphatic carbocycles. The molecule has 26 heavy (non-hydrogen) atoms. The minimum absolute atomic E-state index is 0.160. The van der Waals surface area contributed by atoms with E-state index in [0.29, 0.717) is 12.1 Å². The maximum absolute atomic E-state index is 13.5. The molecule has 0 saturated carbocycles. The van der Waals surface area contributed by atoms with Crippen LogP contribution in [-0.4, -0.2) is 47.2 Å². The predicted octanol–water partition coefficient (Wildman–Crippen LogP) is 3.10. The normalized spacial score (nSPS) is 25.8. The summed E-state index contributed by atoms with van der Waals surface area (Å²) in [4.78, 5) is 10.9. The highest BCUT2D eigenvalue weighted by atomic mass is 19.1. The van der Waals surface area contributed by atoms with Gasteiger partial charge in [0.1, 0.15) is 5.82 Å². The number of hydrogen-bond acceptors (Lipinski definition) is 5. The number of nitrogens with one attached hydrogen (secondary N) is 1. The molecule has 2 fully saturated rings. The van der Waals surface area contributed by atoms with E-state index in [-0.39, 0.29) is 11.2 Å². The highest BCUT2D eigenvalue weighted by molar-refractivity contribution is 5.22. The molecule has 1 N–H and O–H groups in total. The first-order chi connectivity index (χ1) is 12.7. The Morgan fingerprint density at radius 2 is 2.15 bits per heavy atom. The number of halogens is 1. The van der Waals surface area contributed by atoms with Crippen LogP contribution in [0, 0.1) is 11.2 Å². The molecule has 2 atom stereocenters. The van der Waals surface area contributed by atoms with Gasteiger partial charge in [-0.3, -0.25) is 4.90 Å². The lowest BCUT2D eigenvalue weighted by atomic mass is 9.74. The lowest BCUT2D eigenvalue weighted by molar-refractivity contribution is -0.0228. The first-order valence-electron chi connectivity index (χ1n) is 9.33. The lowest BCUT2D eigenvalue weighted by Crippen LogP contribution is -2.49. The van der Waals surface area contributed by atoms with Crippen LogP contribution in [0.15, 0.2) is 42.7 Å². The molecule has 3 heterocycles. The van der Waals surface area contributed by atoms with Crippen LogP contribution in [0.3, 0.4) is 0 Å². The largest absolute Gasteiger partial charge is 0.378 e. The summed E-state index contributed by atoms with van der Waals surface area (Å²) in [6, 6.07) is 8.74. The number of piperidine rings is 1. The fourth-order valence-electron chi connectivity index (χ4n) is 4.34. The average molecular weight is 356 g/mol. The quantitative estimate of drug-likeness (QED) is 0.862. The smallest absolute Gasteiger partial charge is 0.222 e. The molecule has 2 saturated heterocycles. The van der Waals surface area contributed by atoms with Gasteiger partial charge in [-0.15, -0.1) is 0 Å². The standard InChI is InChI=1S/C20H25FN4O/c21-17-4-1-3-16(13-17)14-25-11-5-18-20(15-25,7-12-26-18)6-10-24-19-22-8-2-9-23-19/h1-4,8-9,13,18H,5-7,10-12,14-15H2,(H,22,23,24)/t18-,20+/m1/s1. The highest BCUT2D eigenvalue weighted by Gasteiger charge is 2.47. The van der Waals surface area contributed by atoms with Gasteiger partial charge in [0.2, 0.25) is 5.95 Å². The van der Waals surface area contributed by atoms with Crippen LogP contribution < -0.4 is 5.32 Å². The van der Waals surface area contributed by atoms with Crippen molar-refractivity contribution < 1.29 is 9.13 Å². The summed E-state index contributed by atoms with van der Waals surface area (Å²) in [6.45, 7) is 4.45. The van der Waals surface area contributed by atoms with E-state index in [2.05, 4.69) is 20.2 Å². The summed E-state index contributed by atoms with van der Waals surface area (Å²) in [5.74, 6) is 0.509. The number of fused-ring (bicyclic) bond motifs is 1. The summed E-state index contributed by atoms with van der Waals surface area (Å²) in [5.41, 5.74) is 1.20. The van der Waals surface area contributed by atoms with E-state index in [1.54, 1.807) is 24.5 Å². The number of aromatic nitrogens is 2. The van der Waals surface area contributed by atoms with E-state index >= 15 is 0 Å². The molecule has 1 aromatic heterocycles. The van der Waals surface area contributed by atoms with Crippen LogP contribution in [0.1, 0.15) is 24.8 Å². The second kappa shape index (κ2) is 7.68. The molecule has 138 valence electrons. The zero-order valence-electron chi connectivity index (χ0n) is 14.9. The number of hydrogen-bond donors (Lipinski definition) is 1. The Kier molecular flexibility index (Phi) is 5.13. The second-order valence-electron chi connectivity index (χ2n) is 7.35. The van der Waals surface area contributed by atoms with Crippen molar-refractivity contribution in [3.05, 3.63) is 54.1 Å². The molecular formula is C20H25FN4O. The van der Waals surface area contributed by atoms with Crippen LogP contribution in [0.2, 0.25) is 0 Å². The van der Waals surface area contributed by atoms with E-state index in [1.165, 1.54) is 6.07 Å². The van der Waals surface area contributed by atoms with Crippen molar-refractivity contribution in [2.75, 3.05) is 31.6 Å². The van der Waals surface area contributed by atoms with Gasteiger partial charge in [-0.2, -0.15) is 0 Å². The molecule has 1 aromatic carbocycles. The molecule has 2 aliphatic heterocycles. The Morgan fingerprint density at radius 1 is 1.27 bits per heavy atom. The number of likely N-dealkylation sites (tertiary alicyclic amines) is 1. The van der Waals surface area contributed by atoms with Gasteiger partial charge in [0.05, 0.1) is 6.10 Å². The van der Waals surface area contributed by atoms with Gasteiger partial charge >= 0.3 is 0 Å². The van der Waals surface area contributed by atoms with E-state index in [4.69, 9.17) is 4.74 Å². The van der Waals surface area contributed by atoms with Crippen molar-refractivity contribution in [1.82, 2.24) is 14.9 Å². The van der Waals surface area contributed by atoms with Crippen LogP contribution >= 0.6 is 0 Å². The molecule has 0 bridgehead atoms. The lowest BCUT2D eigenvalue weighted by Gasteiger charge is -2.44. The van der Waals surface area contributed by atoms with Gasteiger partial charge in [0.15, 0.2) is 0 Å². The Bertz CT molecular complexity index is 729. The summed E-state index contributed by atoms with van der Waals surface area (Å²) < 4.78 is 19.5. The minimum atomic E-state index is -0.164.